The summed E-state index contributed by atoms with van der Waals surface area (Å²) in [5, 5.41) is 7.05. The van der Waals surface area contributed by atoms with Gasteiger partial charge in [-0.15, -0.1) is 0 Å². The van der Waals surface area contributed by atoms with E-state index >= 15 is 0 Å². The van der Waals surface area contributed by atoms with Crippen LogP contribution in [0.3, 0.4) is 0 Å². The molecule has 0 aliphatic carbocycles. The maximum absolute atomic E-state index is 13.3. The molecule has 0 bridgehead atoms. The number of rotatable bonds is 4. The van der Waals surface area contributed by atoms with Crippen LogP contribution in [0, 0.1) is 19.7 Å². The van der Waals surface area contributed by atoms with Crippen LogP contribution >= 0.6 is 11.6 Å². The van der Waals surface area contributed by atoms with E-state index in [0.29, 0.717) is 10.6 Å². The van der Waals surface area contributed by atoms with Gasteiger partial charge < -0.3 is 10.6 Å². The topological polar surface area (TPSA) is 108 Å². The van der Waals surface area contributed by atoms with Crippen molar-refractivity contribution in [2.45, 2.75) is 26.3 Å². The van der Waals surface area contributed by atoms with Gasteiger partial charge in [-0.1, -0.05) is 35.4 Å². The van der Waals surface area contributed by atoms with Crippen molar-refractivity contribution < 1.29 is 23.6 Å². The summed E-state index contributed by atoms with van der Waals surface area (Å²) in [5.41, 5.74) is 0.948. The Hall–Kier alpha value is -3.46. The Morgan fingerprint density at radius 3 is 2.52 bits per heavy atom. The number of urea groups is 2. The molecule has 6 amide bonds. The van der Waals surface area contributed by atoms with Crippen molar-refractivity contribution in [2.75, 3.05) is 11.9 Å². The highest BCUT2D eigenvalue weighted by Crippen LogP contribution is 2.33. The Labute approximate surface area is 182 Å². The maximum atomic E-state index is 13.3. The first kappa shape index (κ1) is 22.2. The number of benzene rings is 2. The fourth-order valence-corrected chi connectivity index (χ4v) is 3.69. The minimum absolute atomic E-state index is 0.0460. The summed E-state index contributed by atoms with van der Waals surface area (Å²) in [6.07, 6.45) is 0. The summed E-state index contributed by atoms with van der Waals surface area (Å²) in [6, 6.07) is 7.16. The number of carbonyl (C=O) groups excluding carboxylic acids is 4. The van der Waals surface area contributed by atoms with Crippen LogP contribution in [-0.2, 0) is 15.1 Å². The number of anilines is 1. The minimum Gasteiger partial charge on any atom is -0.319 e. The number of imide groups is 2. The lowest BCUT2D eigenvalue weighted by Gasteiger charge is -2.23. The van der Waals surface area contributed by atoms with Crippen molar-refractivity contribution in [3.8, 4) is 0 Å². The maximum Gasteiger partial charge on any atom is 0.325 e. The van der Waals surface area contributed by atoms with Crippen LogP contribution in [0.15, 0.2) is 36.4 Å². The zero-order valence-electron chi connectivity index (χ0n) is 17.0. The first-order valence-electron chi connectivity index (χ1n) is 9.29. The summed E-state index contributed by atoms with van der Waals surface area (Å²) < 4.78 is 13.3. The first-order chi connectivity index (χ1) is 14.5. The Bertz CT molecular complexity index is 1110. The normalized spacial score (nSPS) is 18.0. The van der Waals surface area contributed by atoms with E-state index < -0.39 is 41.8 Å². The first-order valence-corrected chi connectivity index (χ1v) is 9.67. The molecule has 31 heavy (non-hydrogen) atoms. The number of nitrogens with one attached hydrogen (secondary N) is 3. The number of nitrogens with zero attached hydrogens (tertiary/aromatic N) is 1. The number of amides is 6. The van der Waals surface area contributed by atoms with Gasteiger partial charge in [0, 0.05) is 16.3 Å². The quantitative estimate of drug-likeness (QED) is 0.627. The van der Waals surface area contributed by atoms with Gasteiger partial charge in [0.25, 0.3) is 5.91 Å². The third-order valence-corrected chi connectivity index (χ3v) is 5.24. The van der Waals surface area contributed by atoms with Crippen molar-refractivity contribution in [3.63, 3.8) is 0 Å². The third-order valence-electron chi connectivity index (χ3n) is 4.93. The Balaban J connectivity index is 1.68. The smallest absolute Gasteiger partial charge is 0.319 e. The van der Waals surface area contributed by atoms with E-state index in [9.17, 15) is 23.6 Å². The molecule has 1 unspecified atom stereocenters. The molecule has 3 rings (SSSR count). The summed E-state index contributed by atoms with van der Waals surface area (Å²) in [7, 11) is 0. The number of carbonyl (C=O) groups is 4. The second kappa shape index (κ2) is 8.35. The Morgan fingerprint density at radius 2 is 1.87 bits per heavy atom. The van der Waals surface area contributed by atoms with Gasteiger partial charge in [0.1, 0.15) is 17.9 Å². The van der Waals surface area contributed by atoms with Crippen LogP contribution in [0.4, 0.5) is 19.7 Å². The molecule has 1 heterocycles. The lowest BCUT2D eigenvalue weighted by atomic mass is 9.92. The van der Waals surface area contributed by atoms with Gasteiger partial charge in [-0.25, -0.2) is 14.0 Å². The molecule has 0 saturated carbocycles. The van der Waals surface area contributed by atoms with E-state index in [1.807, 2.05) is 13.0 Å². The van der Waals surface area contributed by atoms with Crippen molar-refractivity contribution in [3.05, 3.63) is 63.9 Å². The van der Waals surface area contributed by atoms with Gasteiger partial charge in [-0.05, 0) is 44.5 Å². The van der Waals surface area contributed by atoms with E-state index in [1.165, 1.54) is 13.0 Å². The van der Waals surface area contributed by atoms with Crippen molar-refractivity contribution in [2.24, 2.45) is 0 Å². The van der Waals surface area contributed by atoms with Crippen LogP contribution in [0.25, 0.3) is 0 Å². The lowest BCUT2D eigenvalue weighted by Crippen LogP contribution is -2.45. The van der Waals surface area contributed by atoms with Crippen LogP contribution in [0.1, 0.15) is 23.6 Å². The highest BCUT2D eigenvalue weighted by Gasteiger charge is 2.50. The standard InChI is InChI=1S/C21H20ClFN4O4/c1-11-4-7-16(12(2)8-11)24-19(30)25-17(28)10-27-18(29)21(3,26-20(27)31)14-6-5-13(23)9-15(14)22/h4-9H,10H2,1-3H3,(H,26,31)(H2,24,25,28,30). The Kier molecular flexibility index (Phi) is 5.99. The molecule has 0 aromatic heterocycles. The van der Waals surface area contributed by atoms with Gasteiger partial charge in [0.05, 0.1) is 0 Å². The van der Waals surface area contributed by atoms with Crippen molar-refractivity contribution >= 4 is 41.2 Å². The highest BCUT2D eigenvalue weighted by molar-refractivity contribution is 6.32. The van der Waals surface area contributed by atoms with Crippen LogP contribution < -0.4 is 16.0 Å². The number of hydrogen-bond acceptors (Lipinski definition) is 4. The van der Waals surface area contributed by atoms with E-state index in [1.54, 1.807) is 19.1 Å². The van der Waals surface area contributed by atoms with Crippen LogP contribution in [0.2, 0.25) is 5.02 Å². The van der Waals surface area contributed by atoms with E-state index in [-0.39, 0.29) is 10.6 Å². The molecule has 10 heteroatoms. The second-order valence-electron chi connectivity index (χ2n) is 7.39. The molecule has 1 aliphatic rings. The van der Waals surface area contributed by atoms with E-state index in [4.69, 9.17) is 11.6 Å². The number of halogens is 2. The third kappa shape index (κ3) is 4.51. The van der Waals surface area contributed by atoms with E-state index in [2.05, 4.69) is 16.0 Å². The molecule has 3 N–H and O–H groups in total. The van der Waals surface area contributed by atoms with Gasteiger partial charge in [0.15, 0.2) is 0 Å². The molecule has 0 spiro atoms. The minimum atomic E-state index is -1.58. The lowest BCUT2D eigenvalue weighted by molar-refractivity contribution is -0.134. The Morgan fingerprint density at radius 1 is 1.16 bits per heavy atom. The predicted molar refractivity (Wildman–Crippen MR) is 112 cm³/mol. The average Bonchev–Trinajstić information content (AvgIpc) is 2.87. The molecule has 1 aliphatic heterocycles. The largest absolute Gasteiger partial charge is 0.325 e. The zero-order valence-corrected chi connectivity index (χ0v) is 17.8. The summed E-state index contributed by atoms with van der Waals surface area (Å²) in [6.45, 7) is 4.43. The SMILES string of the molecule is Cc1ccc(NC(=O)NC(=O)CN2C(=O)NC(C)(c3ccc(F)cc3Cl)C2=O)c(C)c1. The molecule has 2 aromatic rings. The molecule has 0 radical (unpaired) electrons. The molecule has 8 nitrogen and oxygen atoms in total. The molecule has 1 atom stereocenters. The van der Waals surface area contributed by atoms with E-state index in [0.717, 1.165) is 23.3 Å². The molecule has 1 saturated heterocycles. The monoisotopic (exact) mass is 446 g/mol. The molecule has 2 aromatic carbocycles. The average molecular weight is 447 g/mol. The summed E-state index contributed by atoms with van der Waals surface area (Å²) >= 11 is 6.04. The van der Waals surface area contributed by atoms with Gasteiger partial charge in [-0.2, -0.15) is 0 Å². The fraction of sp³-hybridized carbons (Fsp3) is 0.238. The van der Waals surface area contributed by atoms with Crippen LogP contribution in [0.5, 0.6) is 0 Å². The molecule has 1 fully saturated rings. The molecule has 162 valence electrons. The summed E-state index contributed by atoms with van der Waals surface area (Å²) in [5.74, 6) is -2.21. The number of aryl methyl sites for hydroxylation is 2. The molecular formula is C21H20ClFN4O4. The highest BCUT2D eigenvalue weighted by atomic mass is 35.5. The van der Waals surface area contributed by atoms with Crippen molar-refractivity contribution in [1.82, 2.24) is 15.5 Å². The number of hydrogen-bond donors (Lipinski definition) is 3. The van der Waals surface area contributed by atoms with Gasteiger partial charge in [0.2, 0.25) is 5.91 Å². The zero-order chi connectivity index (χ0) is 22.9. The van der Waals surface area contributed by atoms with Gasteiger partial charge in [-0.3, -0.25) is 19.8 Å². The fourth-order valence-electron chi connectivity index (χ4n) is 3.34. The predicted octanol–water partition coefficient (Wildman–Crippen LogP) is 3.21. The molecular weight excluding hydrogens is 427 g/mol. The summed E-state index contributed by atoms with van der Waals surface area (Å²) in [4.78, 5) is 50.3. The van der Waals surface area contributed by atoms with Crippen LogP contribution in [-0.4, -0.2) is 35.3 Å². The van der Waals surface area contributed by atoms with Gasteiger partial charge >= 0.3 is 12.1 Å². The second-order valence-corrected chi connectivity index (χ2v) is 7.80. The van der Waals surface area contributed by atoms with Crippen molar-refractivity contribution in [1.29, 1.82) is 0 Å².